The molecule has 0 amide bonds. The molecule has 5 heteroatoms. The summed E-state index contributed by atoms with van der Waals surface area (Å²) in [6.07, 6.45) is 1.72. The van der Waals surface area contributed by atoms with Gasteiger partial charge in [-0.3, -0.25) is 0 Å². The quantitative estimate of drug-likeness (QED) is 0.843. The first-order valence-corrected chi connectivity index (χ1v) is 8.06. The zero-order valence-corrected chi connectivity index (χ0v) is 12.9. The average molecular weight is 284 g/mol. The summed E-state index contributed by atoms with van der Waals surface area (Å²) < 4.78 is 27.4. The minimum atomic E-state index is -3.50. The lowest BCUT2D eigenvalue weighted by Gasteiger charge is -2.25. The van der Waals surface area contributed by atoms with E-state index in [4.69, 9.17) is 5.73 Å². The number of hydrogen-bond acceptors (Lipinski definition) is 3. The number of nitrogens with one attached hydrogen (secondary N) is 1. The summed E-state index contributed by atoms with van der Waals surface area (Å²) in [6, 6.07) is 6.60. The predicted molar refractivity (Wildman–Crippen MR) is 78.4 cm³/mol. The van der Waals surface area contributed by atoms with Crippen LogP contribution in [0.4, 0.5) is 0 Å². The molecule has 1 rings (SSSR count). The number of rotatable bonds is 6. The first-order valence-electron chi connectivity index (χ1n) is 6.57. The molecule has 1 aromatic carbocycles. The molecule has 0 aromatic heterocycles. The highest BCUT2D eigenvalue weighted by molar-refractivity contribution is 7.89. The Labute approximate surface area is 116 Å². The van der Waals surface area contributed by atoms with Crippen molar-refractivity contribution in [2.45, 2.75) is 57.0 Å². The maximum absolute atomic E-state index is 12.3. The summed E-state index contributed by atoms with van der Waals surface area (Å²) in [5.41, 5.74) is 6.15. The fourth-order valence-corrected chi connectivity index (χ4v) is 3.56. The zero-order valence-electron chi connectivity index (χ0n) is 12.1. The van der Waals surface area contributed by atoms with Crippen LogP contribution in [-0.2, 0) is 10.0 Å². The Kier molecular flexibility index (Phi) is 5.12. The van der Waals surface area contributed by atoms with Crippen LogP contribution in [0.5, 0.6) is 0 Å². The van der Waals surface area contributed by atoms with Gasteiger partial charge in [-0.25, -0.2) is 13.1 Å². The van der Waals surface area contributed by atoms with E-state index in [0.29, 0.717) is 0 Å². The molecule has 0 aliphatic rings. The molecule has 0 fully saturated rings. The number of benzene rings is 1. The van der Waals surface area contributed by atoms with Crippen LogP contribution in [-0.4, -0.2) is 14.0 Å². The van der Waals surface area contributed by atoms with Crippen LogP contribution in [0, 0.1) is 0 Å². The van der Waals surface area contributed by atoms with Crippen molar-refractivity contribution in [3.05, 3.63) is 29.8 Å². The maximum atomic E-state index is 12.3. The number of hydrogen-bond donors (Lipinski definition) is 2. The highest BCUT2D eigenvalue weighted by atomic mass is 32.2. The first kappa shape index (κ1) is 16.1. The van der Waals surface area contributed by atoms with Gasteiger partial charge in [0.2, 0.25) is 10.0 Å². The monoisotopic (exact) mass is 284 g/mol. The van der Waals surface area contributed by atoms with Gasteiger partial charge in [-0.1, -0.05) is 25.5 Å². The fourth-order valence-electron chi connectivity index (χ4n) is 2.06. The van der Waals surface area contributed by atoms with Crippen LogP contribution >= 0.6 is 0 Å². The van der Waals surface area contributed by atoms with Gasteiger partial charge in [0.1, 0.15) is 0 Å². The molecule has 0 spiro atoms. The highest BCUT2D eigenvalue weighted by Gasteiger charge is 2.25. The summed E-state index contributed by atoms with van der Waals surface area (Å²) >= 11 is 0. The van der Waals surface area contributed by atoms with Gasteiger partial charge in [-0.15, -0.1) is 0 Å². The Balaban J connectivity index is 3.04. The van der Waals surface area contributed by atoms with Gasteiger partial charge in [-0.05, 0) is 44.9 Å². The lowest BCUT2D eigenvalue weighted by Crippen LogP contribution is -2.43. The molecule has 3 N–H and O–H groups in total. The Bertz CT molecular complexity index is 522. The predicted octanol–water partition coefficient (Wildman–Crippen LogP) is 2.56. The van der Waals surface area contributed by atoms with Gasteiger partial charge in [0.25, 0.3) is 0 Å². The summed E-state index contributed by atoms with van der Waals surface area (Å²) in [5, 5.41) is 0. The van der Waals surface area contributed by atoms with Crippen LogP contribution in [0.3, 0.4) is 0 Å². The SMILES string of the molecule is CCCC(C)(C)NS(=O)(=O)c1cccc(C(C)N)c1. The van der Waals surface area contributed by atoms with Crippen molar-refractivity contribution in [1.29, 1.82) is 0 Å². The van der Waals surface area contributed by atoms with Crippen LogP contribution < -0.4 is 10.5 Å². The van der Waals surface area contributed by atoms with Gasteiger partial charge in [0.15, 0.2) is 0 Å². The van der Waals surface area contributed by atoms with Crippen LogP contribution in [0.15, 0.2) is 29.2 Å². The van der Waals surface area contributed by atoms with Crippen LogP contribution in [0.1, 0.15) is 52.1 Å². The van der Waals surface area contributed by atoms with Crippen molar-refractivity contribution in [1.82, 2.24) is 4.72 Å². The van der Waals surface area contributed by atoms with E-state index in [9.17, 15) is 8.42 Å². The molecule has 0 saturated carbocycles. The standard InChI is InChI=1S/C14H24N2O2S/c1-5-9-14(3,4)16-19(17,18)13-8-6-7-12(10-13)11(2)15/h6-8,10-11,16H,5,9,15H2,1-4H3. The largest absolute Gasteiger partial charge is 0.324 e. The number of nitrogens with two attached hydrogens (primary N) is 1. The van der Waals surface area contributed by atoms with E-state index in [1.54, 1.807) is 18.2 Å². The molecule has 0 saturated heterocycles. The van der Waals surface area contributed by atoms with E-state index in [1.165, 1.54) is 0 Å². The van der Waals surface area contributed by atoms with Crippen molar-refractivity contribution in [2.24, 2.45) is 5.73 Å². The third-order valence-electron chi connectivity index (χ3n) is 2.98. The van der Waals surface area contributed by atoms with Gasteiger partial charge >= 0.3 is 0 Å². The minimum Gasteiger partial charge on any atom is -0.324 e. The molecular formula is C14H24N2O2S. The van der Waals surface area contributed by atoms with Crippen molar-refractivity contribution in [3.63, 3.8) is 0 Å². The second-order valence-electron chi connectivity index (χ2n) is 5.60. The van der Waals surface area contributed by atoms with Crippen LogP contribution in [0.25, 0.3) is 0 Å². The van der Waals surface area contributed by atoms with E-state index >= 15 is 0 Å². The van der Waals surface area contributed by atoms with E-state index in [2.05, 4.69) is 4.72 Å². The highest BCUT2D eigenvalue weighted by Crippen LogP contribution is 2.19. The lowest BCUT2D eigenvalue weighted by atomic mass is 10.0. The second-order valence-corrected chi connectivity index (χ2v) is 7.28. The average Bonchev–Trinajstić information content (AvgIpc) is 2.27. The third-order valence-corrected chi connectivity index (χ3v) is 4.68. The molecule has 0 aliphatic heterocycles. The molecule has 1 aromatic rings. The van der Waals surface area contributed by atoms with E-state index in [0.717, 1.165) is 18.4 Å². The zero-order chi connectivity index (χ0) is 14.7. The Morgan fingerprint density at radius 1 is 1.37 bits per heavy atom. The Morgan fingerprint density at radius 2 is 2.00 bits per heavy atom. The summed E-state index contributed by atoms with van der Waals surface area (Å²) in [4.78, 5) is 0.270. The van der Waals surface area contributed by atoms with Gasteiger partial charge in [0.05, 0.1) is 4.90 Å². The third kappa shape index (κ3) is 4.60. The smallest absolute Gasteiger partial charge is 0.241 e. The second kappa shape index (κ2) is 6.03. The summed E-state index contributed by atoms with van der Waals surface area (Å²) in [6.45, 7) is 7.65. The van der Waals surface area contributed by atoms with Crippen molar-refractivity contribution in [2.75, 3.05) is 0 Å². The molecule has 4 nitrogen and oxygen atoms in total. The van der Waals surface area contributed by atoms with Crippen molar-refractivity contribution < 1.29 is 8.42 Å². The summed E-state index contributed by atoms with van der Waals surface area (Å²) in [5.74, 6) is 0. The number of sulfonamides is 1. The molecule has 108 valence electrons. The van der Waals surface area contributed by atoms with Gasteiger partial charge in [0, 0.05) is 11.6 Å². The van der Waals surface area contributed by atoms with E-state index in [1.807, 2.05) is 33.8 Å². The maximum Gasteiger partial charge on any atom is 0.241 e. The summed E-state index contributed by atoms with van der Waals surface area (Å²) in [7, 11) is -3.50. The Hall–Kier alpha value is -0.910. The molecule has 1 atom stereocenters. The molecule has 0 radical (unpaired) electrons. The molecule has 19 heavy (non-hydrogen) atoms. The molecular weight excluding hydrogens is 260 g/mol. The molecule has 0 heterocycles. The Morgan fingerprint density at radius 3 is 2.53 bits per heavy atom. The molecule has 1 unspecified atom stereocenters. The molecule has 0 aliphatic carbocycles. The first-order chi connectivity index (χ1) is 8.68. The van der Waals surface area contributed by atoms with Gasteiger partial charge < -0.3 is 5.73 Å². The lowest BCUT2D eigenvalue weighted by molar-refractivity contribution is 0.417. The van der Waals surface area contributed by atoms with Crippen LogP contribution in [0.2, 0.25) is 0 Å². The van der Waals surface area contributed by atoms with Crippen molar-refractivity contribution in [3.8, 4) is 0 Å². The topological polar surface area (TPSA) is 72.2 Å². The fraction of sp³-hybridized carbons (Fsp3) is 0.571. The van der Waals surface area contributed by atoms with Gasteiger partial charge in [-0.2, -0.15) is 0 Å². The van der Waals surface area contributed by atoms with Crippen molar-refractivity contribution >= 4 is 10.0 Å². The van der Waals surface area contributed by atoms with E-state index < -0.39 is 15.6 Å². The van der Waals surface area contributed by atoms with E-state index in [-0.39, 0.29) is 10.9 Å². The molecule has 0 bridgehead atoms. The minimum absolute atomic E-state index is 0.182. The normalized spacial score (nSPS) is 14.4.